The molecule has 3 rings (SSSR count). The van der Waals surface area contributed by atoms with Gasteiger partial charge in [0.25, 0.3) is 0 Å². The third-order valence-corrected chi connectivity index (χ3v) is 3.69. The van der Waals surface area contributed by atoms with Gasteiger partial charge in [0.1, 0.15) is 6.04 Å². The molecule has 0 aromatic heterocycles. The van der Waals surface area contributed by atoms with Gasteiger partial charge in [0, 0.05) is 6.04 Å². The van der Waals surface area contributed by atoms with Crippen molar-refractivity contribution in [3.05, 3.63) is 59.7 Å². The van der Waals surface area contributed by atoms with Crippen LogP contribution in [-0.2, 0) is 4.79 Å². The summed E-state index contributed by atoms with van der Waals surface area (Å²) in [7, 11) is 0. The lowest BCUT2D eigenvalue weighted by Gasteiger charge is -2.21. The van der Waals surface area contributed by atoms with Crippen LogP contribution in [0.3, 0.4) is 0 Å². The minimum Gasteiger partial charge on any atom is -0.480 e. The van der Waals surface area contributed by atoms with Gasteiger partial charge in [0.15, 0.2) is 11.5 Å². The largest absolute Gasteiger partial charge is 0.480 e. The molecule has 0 bridgehead atoms. The monoisotopic (exact) mass is 299 g/mol. The van der Waals surface area contributed by atoms with Gasteiger partial charge in [-0.2, -0.15) is 0 Å². The molecule has 2 N–H and O–H groups in total. The van der Waals surface area contributed by atoms with Gasteiger partial charge in [-0.3, -0.25) is 10.1 Å². The van der Waals surface area contributed by atoms with Crippen LogP contribution in [0.1, 0.15) is 30.1 Å². The number of nitrogens with one attached hydrogen (secondary N) is 1. The summed E-state index contributed by atoms with van der Waals surface area (Å²) in [5.74, 6) is 0.295. The molecule has 0 amide bonds. The van der Waals surface area contributed by atoms with Crippen LogP contribution in [0, 0.1) is 0 Å². The molecule has 2 unspecified atom stereocenters. The molecule has 0 aliphatic carbocycles. The normalized spacial score (nSPS) is 15.3. The molecular formula is C17H17NO4. The van der Waals surface area contributed by atoms with Crippen LogP contribution >= 0.6 is 0 Å². The summed E-state index contributed by atoms with van der Waals surface area (Å²) < 4.78 is 10.6. The molecule has 2 aromatic carbocycles. The molecule has 0 radical (unpaired) electrons. The van der Waals surface area contributed by atoms with Crippen LogP contribution < -0.4 is 14.8 Å². The van der Waals surface area contributed by atoms with Crippen molar-refractivity contribution in [2.75, 3.05) is 6.79 Å². The highest BCUT2D eigenvalue weighted by Gasteiger charge is 2.24. The molecule has 1 aliphatic heterocycles. The Morgan fingerprint density at radius 2 is 1.82 bits per heavy atom. The van der Waals surface area contributed by atoms with E-state index in [0.717, 1.165) is 5.56 Å². The number of hydrogen-bond donors (Lipinski definition) is 2. The van der Waals surface area contributed by atoms with E-state index in [1.54, 1.807) is 18.2 Å². The molecule has 22 heavy (non-hydrogen) atoms. The van der Waals surface area contributed by atoms with Crippen molar-refractivity contribution >= 4 is 5.97 Å². The van der Waals surface area contributed by atoms with E-state index in [-0.39, 0.29) is 12.8 Å². The fourth-order valence-corrected chi connectivity index (χ4v) is 2.49. The molecule has 5 nitrogen and oxygen atoms in total. The van der Waals surface area contributed by atoms with E-state index in [1.807, 2.05) is 37.3 Å². The zero-order valence-electron chi connectivity index (χ0n) is 12.2. The first-order chi connectivity index (χ1) is 10.6. The van der Waals surface area contributed by atoms with E-state index >= 15 is 0 Å². The number of fused-ring (bicyclic) bond motifs is 1. The molecule has 2 aromatic rings. The van der Waals surface area contributed by atoms with E-state index in [0.29, 0.717) is 17.1 Å². The molecule has 2 atom stereocenters. The number of rotatable bonds is 5. The number of aliphatic carboxylic acids is 1. The third kappa shape index (κ3) is 2.89. The van der Waals surface area contributed by atoms with E-state index in [1.165, 1.54) is 0 Å². The highest BCUT2D eigenvalue weighted by molar-refractivity contribution is 5.76. The van der Waals surface area contributed by atoms with Crippen molar-refractivity contribution in [3.8, 4) is 11.5 Å². The first-order valence-corrected chi connectivity index (χ1v) is 7.08. The van der Waals surface area contributed by atoms with Gasteiger partial charge < -0.3 is 14.6 Å². The molecule has 5 heteroatoms. The Morgan fingerprint density at radius 3 is 2.55 bits per heavy atom. The van der Waals surface area contributed by atoms with E-state index in [2.05, 4.69) is 5.32 Å². The van der Waals surface area contributed by atoms with Crippen molar-refractivity contribution in [2.24, 2.45) is 0 Å². The summed E-state index contributed by atoms with van der Waals surface area (Å²) in [6, 6.07) is 14.0. The highest BCUT2D eigenvalue weighted by Crippen LogP contribution is 2.34. The Kier molecular flexibility index (Phi) is 3.98. The standard InChI is InChI=1S/C17H17NO4/c1-11(12-5-3-2-4-6-12)18-16(17(19)20)13-7-8-14-15(9-13)22-10-21-14/h2-9,11,16,18H,10H2,1H3,(H,19,20). The Balaban J connectivity index is 1.83. The number of hydrogen-bond acceptors (Lipinski definition) is 4. The summed E-state index contributed by atoms with van der Waals surface area (Å²) in [5.41, 5.74) is 1.68. The first kappa shape index (κ1) is 14.4. The molecular weight excluding hydrogens is 282 g/mol. The number of carbonyl (C=O) groups is 1. The highest BCUT2D eigenvalue weighted by atomic mass is 16.7. The van der Waals surface area contributed by atoms with E-state index in [4.69, 9.17) is 9.47 Å². The second-order valence-electron chi connectivity index (χ2n) is 5.18. The van der Waals surface area contributed by atoms with Gasteiger partial charge in [-0.25, -0.2) is 0 Å². The van der Waals surface area contributed by atoms with Gasteiger partial charge in [-0.15, -0.1) is 0 Å². The number of carboxylic acid groups (broad SMARTS) is 1. The second kappa shape index (κ2) is 6.07. The molecule has 114 valence electrons. The Labute approximate surface area is 128 Å². The van der Waals surface area contributed by atoms with Gasteiger partial charge >= 0.3 is 5.97 Å². The predicted octanol–water partition coefficient (Wildman–Crippen LogP) is 2.89. The molecule has 0 spiro atoms. The minimum atomic E-state index is -0.929. The van der Waals surface area contributed by atoms with Gasteiger partial charge in [0.05, 0.1) is 0 Å². The third-order valence-electron chi connectivity index (χ3n) is 3.69. The maximum Gasteiger partial charge on any atom is 0.325 e. The first-order valence-electron chi connectivity index (χ1n) is 7.08. The molecule has 0 saturated heterocycles. The van der Waals surface area contributed by atoms with Crippen molar-refractivity contribution < 1.29 is 19.4 Å². The van der Waals surface area contributed by atoms with Crippen LogP contribution in [0.5, 0.6) is 11.5 Å². The van der Waals surface area contributed by atoms with Gasteiger partial charge in [0.2, 0.25) is 6.79 Å². The summed E-state index contributed by atoms with van der Waals surface area (Å²) >= 11 is 0. The summed E-state index contributed by atoms with van der Waals surface area (Å²) in [6.45, 7) is 2.11. The van der Waals surface area contributed by atoms with E-state index in [9.17, 15) is 9.90 Å². The summed E-state index contributed by atoms with van der Waals surface area (Å²) in [5, 5.41) is 12.7. The molecule has 1 heterocycles. The van der Waals surface area contributed by atoms with Crippen molar-refractivity contribution in [2.45, 2.75) is 19.0 Å². The Morgan fingerprint density at radius 1 is 1.09 bits per heavy atom. The number of benzene rings is 2. The SMILES string of the molecule is CC(NC(C(=O)O)c1ccc2c(c1)OCO2)c1ccccc1. The lowest BCUT2D eigenvalue weighted by molar-refractivity contribution is -0.139. The van der Waals surface area contributed by atoms with Crippen LogP contribution in [0.15, 0.2) is 48.5 Å². The van der Waals surface area contributed by atoms with Gasteiger partial charge in [-0.05, 0) is 30.2 Å². The van der Waals surface area contributed by atoms with Crippen LogP contribution in [-0.4, -0.2) is 17.9 Å². The smallest absolute Gasteiger partial charge is 0.325 e. The van der Waals surface area contributed by atoms with Crippen LogP contribution in [0.25, 0.3) is 0 Å². The fourth-order valence-electron chi connectivity index (χ4n) is 2.49. The fraction of sp³-hybridized carbons (Fsp3) is 0.235. The van der Waals surface area contributed by atoms with Crippen LogP contribution in [0.2, 0.25) is 0 Å². The topological polar surface area (TPSA) is 67.8 Å². The molecule has 1 aliphatic rings. The average Bonchev–Trinajstić information content (AvgIpc) is 3.00. The van der Waals surface area contributed by atoms with Crippen molar-refractivity contribution in [1.82, 2.24) is 5.32 Å². The zero-order valence-corrected chi connectivity index (χ0v) is 12.2. The van der Waals surface area contributed by atoms with Crippen molar-refractivity contribution in [1.29, 1.82) is 0 Å². The number of ether oxygens (including phenoxy) is 2. The summed E-state index contributed by atoms with van der Waals surface area (Å²) in [6.07, 6.45) is 0. The quantitative estimate of drug-likeness (QED) is 0.888. The Bertz CT molecular complexity index is 672. The lowest BCUT2D eigenvalue weighted by Crippen LogP contribution is -2.30. The zero-order chi connectivity index (χ0) is 15.5. The van der Waals surface area contributed by atoms with Crippen LogP contribution in [0.4, 0.5) is 0 Å². The molecule has 0 fully saturated rings. The van der Waals surface area contributed by atoms with Crippen molar-refractivity contribution in [3.63, 3.8) is 0 Å². The minimum absolute atomic E-state index is 0.0901. The van der Waals surface area contributed by atoms with Gasteiger partial charge in [-0.1, -0.05) is 36.4 Å². The maximum atomic E-state index is 11.6. The predicted molar refractivity (Wildman–Crippen MR) is 80.9 cm³/mol. The maximum absolute atomic E-state index is 11.6. The average molecular weight is 299 g/mol. The summed E-state index contributed by atoms with van der Waals surface area (Å²) in [4.78, 5) is 11.6. The lowest BCUT2D eigenvalue weighted by atomic mass is 10.0. The Hall–Kier alpha value is -2.53. The van der Waals surface area contributed by atoms with E-state index < -0.39 is 12.0 Å². The second-order valence-corrected chi connectivity index (χ2v) is 5.18. The molecule has 0 saturated carbocycles. The number of carboxylic acids is 1.